The second-order valence-corrected chi connectivity index (χ2v) is 5.10. The zero-order valence-corrected chi connectivity index (χ0v) is 10.9. The van der Waals surface area contributed by atoms with Gasteiger partial charge in [0.05, 0.1) is 11.1 Å². The third-order valence-corrected chi connectivity index (χ3v) is 4.05. The van der Waals surface area contributed by atoms with Gasteiger partial charge in [-0.25, -0.2) is 4.98 Å². The lowest BCUT2D eigenvalue weighted by molar-refractivity contribution is 0.415. The van der Waals surface area contributed by atoms with Crippen molar-refractivity contribution in [1.82, 2.24) is 4.98 Å². The van der Waals surface area contributed by atoms with Gasteiger partial charge in [-0.2, -0.15) is 5.26 Å². The Labute approximate surface area is 107 Å². The highest BCUT2D eigenvalue weighted by molar-refractivity contribution is 14.1. The summed E-state index contributed by atoms with van der Waals surface area (Å²) in [6, 6.07) is 4.07. The van der Waals surface area contributed by atoms with Crippen LogP contribution in [0.2, 0.25) is 5.02 Å². The first-order chi connectivity index (χ1) is 7.22. The Balaban J connectivity index is 2.08. The molecule has 15 heavy (non-hydrogen) atoms. The quantitative estimate of drug-likeness (QED) is 0.781. The molecule has 1 fully saturated rings. The zero-order chi connectivity index (χ0) is 10.8. The lowest BCUT2D eigenvalue weighted by Crippen LogP contribution is -2.47. The average Bonchev–Trinajstić information content (AvgIpc) is 2.16. The van der Waals surface area contributed by atoms with Crippen LogP contribution in [0.15, 0.2) is 12.3 Å². The van der Waals surface area contributed by atoms with E-state index in [2.05, 4.69) is 38.5 Å². The van der Waals surface area contributed by atoms with Crippen molar-refractivity contribution in [2.45, 2.75) is 6.42 Å². The van der Waals surface area contributed by atoms with Crippen LogP contribution in [-0.4, -0.2) is 18.1 Å². The van der Waals surface area contributed by atoms with E-state index in [0.717, 1.165) is 22.5 Å². The summed E-state index contributed by atoms with van der Waals surface area (Å²) >= 11 is 8.34. The normalized spacial score (nSPS) is 15.9. The van der Waals surface area contributed by atoms with E-state index in [9.17, 15) is 0 Å². The molecule has 0 unspecified atom stereocenters. The van der Waals surface area contributed by atoms with Gasteiger partial charge >= 0.3 is 0 Å². The van der Waals surface area contributed by atoms with Crippen LogP contribution in [-0.2, 0) is 0 Å². The Morgan fingerprint density at radius 1 is 1.67 bits per heavy atom. The van der Waals surface area contributed by atoms with Gasteiger partial charge in [-0.05, 0) is 28.7 Å². The molecule has 0 aliphatic carbocycles. The van der Waals surface area contributed by atoms with Crippen LogP contribution in [0, 0.1) is 20.8 Å². The maximum absolute atomic E-state index is 8.55. The van der Waals surface area contributed by atoms with Crippen molar-refractivity contribution in [2.24, 2.45) is 5.92 Å². The molecule has 78 valence electrons. The maximum atomic E-state index is 8.55. The maximum Gasteiger partial charge on any atom is 0.148 e. The van der Waals surface area contributed by atoms with E-state index < -0.39 is 0 Å². The van der Waals surface area contributed by atoms with E-state index in [4.69, 9.17) is 16.9 Å². The number of nitriles is 1. The summed E-state index contributed by atoms with van der Waals surface area (Å²) < 4.78 is 1.02. The minimum atomic E-state index is 0.478. The molecule has 1 aromatic rings. The van der Waals surface area contributed by atoms with E-state index >= 15 is 0 Å². The zero-order valence-electron chi connectivity index (χ0n) is 7.95. The molecule has 1 saturated heterocycles. The number of halogens is 2. The van der Waals surface area contributed by atoms with Crippen LogP contribution < -0.4 is 4.90 Å². The molecule has 1 aliphatic heterocycles. The predicted molar refractivity (Wildman–Crippen MR) is 67.9 cm³/mol. The molecule has 2 heterocycles. The molecule has 1 aliphatic rings. The Morgan fingerprint density at radius 2 is 2.40 bits per heavy atom. The van der Waals surface area contributed by atoms with Gasteiger partial charge in [0.1, 0.15) is 5.82 Å². The minimum absolute atomic E-state index is 0.478. The summed E-state index contributed by atoms with van der Waals surface area (Å²) in [7, 11) is 0. The summed E-state index contributed by atoms with van der Waals surface area (Å²) in [6.07, 6.45) is 2.39. The molecular formula is C10H9ClIN3. The Morgan fingerprint density at radius 3 is 3.07 bits per heavy atom. The van der Waals surface area contributed by atoms with Crippen LogP contribution in [0.1, 0.15) is 6.42 Å². The molecule has 0 atom stereocenters. The van der Waals surface area contributed by atoms with Crippen molar-refractivity contribution >= 4 is 40.0 Å². The van der Waals surface area contributed by atoms with E-state index in [-0.39, 0.29) is 0 Å². The van der Waals surface area contributed by atoms with Crippen LogP contribution in [0.25, 0.3) is 0 Å². The van der Waals surface area contributed by atoms with Crippen LogP contribution in [0.5, 0.6) is 0 Å². The molecule has 2 rings (SSSR count). The lowest BCUT2D eigenvalue weighted by Gasteiger charge is -2.39. The number of hydrogen-bond acceptors (Lipinski definition) is 3. The van der Waals surface area contributed by atoms with Gasteiger partial charge < -0.3 is 4.90 Å². The van der Waals surface area contributed by atoms with Crippen molar-refractivity contribution in [1.29, 1.82) is 5.26 Å². The second kappa shape index (κ2) is 4.54. The van der Waals surface area contributed by atoms with E-state index in [0.29, 0.717) is 17.4 Å². The highest BCUT2D eigenvalue weighted by Crippen LogP contribution is 2.32. The van der Waals surface area contributed by atoms with Gasteiger partial charge in [0.2, 0.25) is 0 Å². The number of nitrogens with zero attached hydrogens (tertiary/aromatic N) is 3. The molecule has 0 saturated carbocycles. The third kappa shape index (κ3) is 2.18. The topological polar surface area (TPSA) is 39.9 Å². The van der Waals surface area contributed by atoms with E-state index in [1.54, 1.807) is 6.20 Å². The van der Waals surface area contributed by atoms with Crippen LogP contribution >= 0.6 is 34.2 Å². The fraction of sp³-hybridized carbons (Fsp3) is 0.400. The predicted octanol–water partition coefficient (Wildman–Crippen LogP) is 2.69. The molecule has 0 N–H and O–H groups in total. The molecule has 5 heteroatoms. The third-order valence-electron chi connectivity index (χ3n) is 2.46. The number of anilines is 1. The summed E-state index contributed by atoms with van der Waals surface area (Å²) in [5.74, 6) is 1.32. The molecule has 0 radical (unpaired) electrons. The fourth-order valence-electron chi connectivity index (χ4n) is 1.63. The van der Waals surface area contributed by atoms with E-state index in [1.807, 2.05) is 6.07 Å². The number of pyridine rings is 1. The Hall–Kier alpha value is -0.540. The van der Waals surface area contributed by atoms with Crippen LogP contribution in [0.3, 0.4) is 0 Å². The molecule has 1 aromatic heterocycles. The van der Waals surface area contributed by atoms with Gasteiger partial charge in [-0.1, -0.05) is 11.6 Å². The average molecular weight is 334 g/mol. The highest BCUT2D eigenvalue weighted by Gasteiger charge is 2.29. The van der Waals surface area contributed by atoms with Crippen molar-refractivity contribution in [2.75, 3.05) is 18.0 Å². The molecule has 0 spiro atoms. The highest BCUT2D eigenvalue weighted by atomic mass is 127. The number of hydrogen-bond donors (Lipinski definition) is 0. The van der Waals surface area contributed by atoms with E-state index in [1.165, 1.54) is 0 Å². The van der Waals surface area contributed by atoms with Gasteiger partial charge in [0.25, 0.3) is 0 Å². The van der Waals surface area contributed by atoms with Gasteiger partial charge in [0.15, 0.2) is 0 Å². The van der Waals surface area contributed by atoms with Crippen molar-refractivity contribution in [3.8, 4) is 6.07 Å². The fourth-order valence-corrected chi connectivity index (χ4v) is 2.26. The lowest BCUT2D eigenvalue weighted by atomic mass is 9.97. The second-order valence-electron chi connectivity index (χ2n) is 3.56. The summed E-state index contributed by atoms with van der Waals surface area (Å²) in [6.45, 7) is 1.78. The summed E-state index contributed by atoms with van der Waals surface area (Å²) in [5.41, 5.74) is 0. The first-order valence-electron chi connectivity index (χ1n) is 4.64. The van der Waals surface area contributed by atoms with Gasteiger partial charge in [0, 0.05) is 35.2 Å². The standard InChI is InChI=1S/C10H9ClIN3/c11-9-8(12)2-4-14-10(9)15-5-7(6-15)1-3-13/h2,4,7H,1,5-6H2. The Kier molecular flexibility index (Phi) is 3.32. The largest absolute Gasteiger partial charge is 0.355 e. The van der Waals surface area contributed by atoms with Crippen molar-refractivity contribution in [3.05, 3.63) is 20.9 Å². The molecule has 3 nitrogen and oxygen atoms in total. The number of rotatable bonds is 2. The first kappa shape index (κ1) is 11.0. The first-order valence-corrected chi connectivity index (χ1v) is 6.10. The SMILES string of the molecule is N#CCC1CN(c2nccc(I)c2Cl)C1. The molecule has 0 aromatic carbocycles. The van der Waals surface area contributed by atoms with Crippen molar-refractivity contribution < 1.29 is 0 Å². The molecule has 0 bridgehead atoms. The smallest absolute Gasteiger partial charge is 0.148 e. The number of aromatic nitrogens is 1. The van der Waals surface area contributed by atoms with Gasteiger partial charge in [-0.15, -0.1) is 0 Å². The minimum Gasteiger partial charge on any atom is -0.355 e. The summed E-state index contributed by atoms with van der Waals surface area (Å²) in [5, 5.41) is 9.26. The van der Waals surface area contributed by atoms with Crippen LogP contribution in [0.4, 0.5) is 5.82 Å². The molecular weight excluding hydrogens is 324 g/mol. The van der Waals surface area contributed by atoms with Crippen molar-refractivity contribution in [3.63, 3.8) is 0 Å². The molecule has 0 amide bonds. The van der Waals surface area contributed by atoms with Gasteiger partial charge in [-0.3, -0.25) is 0 Å². The summed E-state index contributed by atoms with van der Waals surface area (Å²) in [4.78, 5) is 6.38. The Bertz CT molecular complexity index is 410. The monoisotopic (exact) mass is 333 g/mol.